The molecule has 1 aliphatic heterocycles. The van der Waals surface area contributed by atoms with Crippen LogP contribution >= 0.6 is 0 Å². The number of amides is 1. The number of carbonyl (C=O) groups is 1. The first-order chi connectivity index (χ1) is 13.3. The van der Waals surface area contributed by atoms with Gasteiger partial charge in [0.1, 0.15) is 6.61 Å². The van der Waals surface area contributed by atoms with Gasteiger partial charge in [-0.05, 0) is 53.9 Å². The van der Waals surface area contributed by atoms with Gasteiger partial charge in [0.2, 0.25) is 0 Å². The summed E-state index contributed by atoms with van der Waals surface area (Å²) in [4.78, 5) is 14.5. The zero-order chi connectivity index (χ0) is 18.6. The number of aliphatic hydroxyl groups excluding tert-OH is 1. The van der Waals surface area contributed by atoms with Gasteiger partial charge < -0.3 is 14.7 Å². The Morgan fingerprint density at radius 1 is 1.07 bits per heavy atom. The lowest BCUT2D eigenvalue weighted by atomic mass is 9.94. The number of hydrogen-bond donors (Lipinski definition) is 1. The molecule has 1 heterocycles. The van der Waals surface area contributed by atoms with Gasteiger partial charge in [-0.15, -0.1) is 0 Å². The fourth-order valence-electron chi connectivity index (χ4n) is 4.53. The molecule has 1 N–H and O–H groups in total. The van der Waals surface area contributed by atoms with Crippen LogP contribution in [0.5, 0.6) is 0 Å². The lowest BCUT2D eigenvalue weighted by Gasteiger charge is -2.32. The molecule has 0 saturated carbocycles. The van der Waals surface area contributed by atoms with Crippen molar-refractivity contribution in [2.75, 3.05) is 26.3 Å². The topological polar surface area (TPSA) is 49.8 Å². The van der Waals surface area contributed by atoms with E-state index >= 15 is 0 Å². The van der Waals surface area contributed by atoms with Gasteiger partial charge in [0.15, 0.2) is 0 Å². The van der Waals surface area contributed by atoms with Gasteiger partial charge >= 0.3 is 6.09 Å². The summed E-state index contributed by atoms with van der Waals surface area (Å²) in [5, 5.41) is 9.03. The van der Waals surface area contributed by atoms with E-state index in [4.69, 9.17) is 9.84 Å². The molecule has 1 atom stereocenters. The van der Waals surface area contributed by atoms with Gasteiger partial charge in [-0.1, -0.05) is 48.5 Å². The zero-order valence-electron chi connectivity index (χ0n) is 15.6. The van der Waals surface area contributed by atoms with Crippen LogP contribution in [0.3, 0.4) is 0 Å². The van der Waals surface area contributed by atoms with E-state index in [-0.39, 0.29) is 18.6 Å². The van der Waals surface area contributed by atoms with Crippen molar-refractivity contribution in [3.05, 3.63) is 59.7 Å². The number of fused-ring (bicyclic) bond motifs is 3. The molecular weight excluding hydrogens is 338 g/mol. The second-order valence-corrected chi connectivity index (χ2v) is 7.62. The Hall–Kier alpha value is -2.33. The Balaban J connectivity index is 1.42. The molecule has 4 heteroatoms. The van der Waals surface area contributed by atoms with Crippen LogP contribution in [0.25, 0.3) is 11.1 Å². The van der Waals surface area contributed by atoms with Crippen molar-refractivity contribution in [2.24, 2.45) is 5.92 Å². The minimum absolute atomic E-state index is 0.108. The van der Waals surface area contributed by atoms with Crippen molar-refractivity contribution in [2.45, 2.75) is 31.6 Å². The molecule has 1 saturated heterocycles. The minimum atomic E-state index is -0.203. The summed E-state index contributed by atoms with van der Waals surface area (Å²) < 4.78 is 5.77. The molecule has 0 radical (unpaired) electrons. The first-order valence-electron chi connectivity index (χ1n) is 9.98. The minimum Gasteiger partial charge on any atom is -0.448 e. The smallest absolute Gasteiger partial charge is 0.409 e. The monoisotopic (exact) mass is 365 g/mol. The van der Waals surface area contributed by atoms with E-state index < -0.39 is 0 Å². The molecule has 0 aromatic heterocycles. The van der Waals surface area contributed by atoms with Crippen LogP contribution in [0, 0.1) is 5.92 Å². The number of carbonyl (C=O) groups excluding carboxylic acids is 1. The number of aliphatic hydroxyl groups is 1. The average molecular weight is 365 g/mol. The van der Waals surface area contributed by atoms with Crippen LogP contribution in [0.15, 0.2) is 48.5 Å². The highest BCUT2D eigenvalue weighted by molar-refractivity contribution is 5.79. The normalized spacial score (nSPS) is 18.9. The van der Waals surface area contributed by atoms with E-state index in [0.29, 0.717) is 12.5 Å². The molecule has 2 aliphatic rings. The predicted molar refractivity (Wildman–Crippen MR) is 106 cm³/mol. The van der Waals surface area contributed by atoms with Crippen LogP contribution in [-0.2, 0) is 4.74 Å². The van der Waals surface area contributed by atoms with E-state index in [9.17, 15) is 4.79 Å². The number of nitrogens with zero attached hydrogens (tertiary/aromatic N) is 1. The average Bonchev–Trinajstić information content (AvgIpc) is 3.04. The van der Waals surface area contributed by atoms with E-state index in [1.807, 2.05) is 4.90 Å². The quantitative estimate of drug-likeness (QED) is 0.853. The molecule has 2 aromatic rings. The summed E-state index contributed by atoms with van der Waals surface area (Å²) >= 11 is 0. The third-order valence-electron chi connectivity index (χ3n) is 5.88. The van der Waals surface area contributed by atoms with Crippen molar-refractivity contribution in [1.82, 2.24) is 4.90 Å². The maximum atomic E-state index is 12.7. The van der Waals surface area contributed by atoms with Gasteiger partial charge in [0.05, 0.1) is 0 Å². The van der Waals surface area contributed by atoms with Crippen molar-refractivity contribution in [3.63, 3.8) is 0 Å². The fraction of sp³-hybridized carbons (Fsp3) is 0.435. The molecule has 1 amide bonds. The number of likely N-dealkylation sites (tertiary alicyclic amines) is 1. The number of piperidine rings is 1. The maximum Gasteiger partial charge on any atom is 0.409 e. The summed E-state index contributed by atoms with van der Waals surface area (Å²) in [7, 11) is 0. The largest absolute Gasteiger partial charge is 0.448 e. The summed E-state index contributed by atoms with van der Waals surface area (Å²) in [6, 6.07) is 16.8. The molecule has 27 heavy (non-hydrogen) atoms. The molecule has 0 spiro atoms. The molecular formula is C23H27NO3. The maximum absolute atomic E-state index is 12.7. The van der Waals surface area contributed by atoms with Crippen molar-refractivity contribution < 1.29 is 14.6 Å². The van der Waals surface area contributed by atoms with E-state index in [0.717, 1.165) is 38.8 Å². The van der Waals surface area contributed by atoms with Crippen molar-refractivity contribution in [1.29, 1.82) is 0 Å². The number of benzene rings is 2. The van der Waals surface area contributed by atoms with Gasteiger partial charge in [0.25, 0.3) is 0 Å². The van der Waals surface area contributed by atoms with Crippen LogP contribution in [0.4, 0.5) is 4.79 Å². The molecule has 4 rings (SSSR count). The highest BCUT2D eigenvalue weighted by Gasteiger charge is 2.30. The fourth-order valence-corrected chi connectivity index (χ4v) is 4.53. The SMILES string of the molecule is O=C(OCC1c2ccccc2-c2ccccc21)N1CCCC(CCCO)C1. The number of rotatable bonds is 5. The zero-order valence-corrected chi connectivity index (χ0v) is 15.6. The highest BCUT2D eigenvalue weighted by atomic mass is 16.6. The van der Waals surface area contributed by atoms with Crippen LogP contribution in [0.1, 0.15) is 42.7 Å². The predicted octanol–water partition coefficient (Wildman–Crippen LogP) is 4.42. The van der Waals surface area contributed by atoms with Crippen molar-refractivity contribution >= 4 is 6.09 Å². The Kier molecular flexibility index (Phi) is 5.44. The third-order valence-corrected chi connectivity index (χ3v) is 5.88. The summed E-state index contributed by atoms with van der Waals surface area (Å²) in [5.74, 6) is 0.586. The molecule has 142 valence electrons. The first-order valence-corrected chi connectivity index (χ1v) is 9.98. The van der Waals surface area contributed by atoms with Crippen LogP contribution < -0.4 is 0 Å². The van der Waals surface area contributed by atoms with Gasteiger partial charge in [-0.25, -0.2) is 4.79 Å². The van der Waals surface area contributed by atoms with Gasteiger partial charge in [-0.2, -0.15) is 0 Å². The van der Waals surface area contributed by atoms with Crippen molar-refractivity contribution in [3.8, 4) is 11.1 Å². The molecule has 1 fully saturated rings. The van der Waals surface area contributed by atoms with Crippen LogP contribution in [-0.4, -0.2) is 42.4 Å². The van der Waals surface area contributed by atoms with Gasteiger partial charge in [0, 0.05) is 25.6 Å². The standard InChI is InChI=1S/C23H27NO3/c25-14-6-8-17-7-5-13-24(15-17)23(26)27-16-22-20-11-3-1-9-18(20)19-10-2-4-12-21(19)22/h1-4,9-12,17,22,25H,5-8,13-16H2. The second-order valence-electron chi connectivity index (χ2n) is 7.62. The summed E-state index contributed by atoms with van der Waals surface area (Å²) in [6.45, 7) is 2.12. The Bertz CT molecular complexity index is 758. The Labute approximate surface area is 160 Å². The summed E-state index contributed by atoms with van der Waals surface area (Å²) in [6.07, 6.45) is 3.73. The van der Waals surface area contributed by atoms with E-state index in [2.05, 4.69) is 48.5 Å². The Morgan fingerprint density at radius 2 is 1.74 bits per heavy atom. The molecule has 2 aromatic carbocycles. The molecule has 4 nitrogen and oxygen atoms in total. The van der Waals surface area contributed by atoms with E-state index in [1.165, 1.54) is 22.3 Å². The Morgan fingerprint density at radius 3 is 2.41 bits per heavy atom. The third kappa shape index (κ3) is 3.72. The van der Waals surface area contributed by atoms with Crippen LogP contribution in [0.2, 0.25) is 0 Å². The lowest BCUT2D eigenvalue weighted by molar-refractivity contribution is 0.0801. The second kappa shape index (κ2) is 8.13. The first kappa shape index (κ1) is 18.1. The van der Waals surface area contributed by atoms with E-state index in [1.54, 1.807) is 0 Å². The summed E-state index contributed by atoms with van der Waals surface area (Å²) in [5.41, 5.74) is 4.98. The molecule has 0 bridgehead atoms. The number of ether oxygens (including phenoxy) is 1. The highest BCUT2D eigenvalue weighted by Crippen LogP contribution is 2.44. The molecule has 1 unspecified atom stereocenters. The lowest BCUT2D eigenvalue weighted by Crippen LogP contribution is -2.40. The number of hydrogen-bond acceptors (Lipinski definition) is 3. The van der Waals surface area contributed by atoms with Gasteiger partial charge in [-0.3, -0.25) is 0 Å². The molecule has 1 aliphatic carbocycles.